The number of hydrogen-bond acceptors (Lipinski definition) is 2. The molecule has 1 rings (SSSR count). The van der Waals surface area contributed by atoms with Crippen molar-refractivity contribution in [1.82, 2.24) is 0 Å². The first kappa shape index (κ1) is 12.0. The Morgan fingerprint density at radius 3 is 2.60 bits per heavy atom. The molecule has 0 N–H and O–H groups in total. The molecule has 0 aliphatic rings. The SMILES string of the molecule is Cc1ccc(C(=O)/C=C/CC(F)(F)F)s1. The highest BCUT2D eigenvalue weighted by atomic mass is 32.1. The van der Waals surface area contributed by atoms with E-state index in [9.17, 15) is 18.0 Å². The lowest BCUT2D eigenvalue weighted by molar-refractivity contribution is -0.125. The van der Waals surface area contributed by atoms with Crippen molar-refractivity contribution in [3.05, 3.63) is 34.0 Å². The Morgan fingerprint density at radius 2 is 2.13 bits per heavy atom. The molecule has 0 spiro atoms. The maximum atomic E-state index is 11.8. The van der Waals surface area contributed by atoms with Crippen LogP contribution in [-0.2, 0) is 0 Å². The molecule has 0 fully saturated rings. The van der Waals surface area contributed by atoms with Gasteiger partial charge in [-0.2, -0.15) is 13.2 Å². The number of aryl methyl sites for hydroxylation is 1. The summed E-state index contributed by atoms with van der Waals surface area (Å²) in [4.78, 5) is 12.7. The van der Waals surface area contributed by atoms with Crippen molar-refractivity contribution in [2.24, 2.45) is 0 Å². The summed E-state index contributed by atoms with van der Waals surface area (Å²) < 4.78 is 35.3. The van der Waals surface area contributed by atoms with Crippen LogP contribution < -0.4 is 0 Å². The summed E-state index contributed by atoms with van der Waals surface area (Å²) in [5.74, 6) is -0.377. The van der Waals surface area contributed by atoms with Gasteiger partial charge in [-0.05, 0) is 25.1 Å². The number of thiophene rings is 1. The molecule has 82 valence electrons. The number of alkyl halides is 3. The predicted molar refractivity (Wildman–Crippen MR) is 53.2 cm³/mol. The molecule has 0 aromatic carbocycles. The lowest BCUT2D eigenvalue weighted by Crippen LogP contribution is -2.04. The third kappa shape index (κ3) is 4.29. The van der Waals surface area contributed by atoms with E-state index in [1.54, 1.807) is 12.1 Å². The summed E-state index contributed by atoms with van der Waals surface area (Å²) in [7, 11) is 0. The quantitative estimate of drug-likeness (QED) is 0.575. The van der Waals surface area contributed by atoms with Crippen molar-refractivity contribution in [2.75, 3.05) is 0 Å². The third-order valence-corrected chi connectivity index (χ3v) is 2.62. The molecule has 1 aromatic heterocycles. The van der Waals surface area contributed by atoms with Crippen molar-refractivity contribution in [3.8, 4) is 0 Å². The van der Waals surface area contributed by atoms with Gasteiger partial charge in [0.1, 0.15) is 0 Å². The van der Waals surface area contributed by atoms with Gasteiger partial charge in [-0.3, -0.25) is 4.79 Å². The molecule has 0 amide bonds. The highest BCUT2D eigenvalue weighted by Crippen LogP contribution is 2.20. The maximum Gasteiger partial charge on any atom is 0.392 e. The van der Waals surface area contributed by atoms with E-state index in [0.29, 0.717) is 4.88 Å². The second kappa shape index (κ2) is 4.61. The summed E-state index contributed by atoms with van der Waals surface area (Å²) in [5, 5.41) is 0. The summed E-state index contributed by atoms with van der Waals surface area (Å²) in [5.41, 5.74) is 0. The van der Waals surface area contributed by atoms with Crippen LogP contribution in [0.15, 0.2) is 24.3 Å². The molecule has 1 heterocycles. The Kier molecular flexibility index (Phi) is 3.68. The first-order valence-corrected chi connectivity index (χ1v) is 5.04. The van der Waals surface area contributed by atoms with E-state index in [4.69, 9.17) is 0 Å². The average molecular weight is 234 g/mol. The van der Waals surface area contributed by atoms with Gasteiger partial charge in [0, 0.05) is 4.88 Å². The highest BCUT2D eigenvalue weighted by molar-refractivity contribution is 7.14. The molecular weight excluding hydrogens is 225 g/mol. The Balaban J connectivity index is 2.57. The first-order valence-electron chi connectivity index (χ1n) is 4.22. The molecule has 5 heteroatoms. The van der Waals surface area contributed by atoms with Crippen LogP contribution in [0.2, 0.25) is 0 Å². The zero-order valence-electron chi connectivity index (χ0n) is 7.97. The number of rotatable bonds is 3. The van der Waals surface area contributed by atoms with Crippen molar-refractivity contribution < 1.29 is 18.0 Å². The van der Waals surface area contributed by atoms with E-state index in [1.165, 1.54) is 11.3 Å². The number of halogens is 3. The fourth-order valence-corrected chi connectivity index (χ4v) is 1.74. The smallest absolute Gasteiger partial charge is 0.288 e. The van der Waals surface area contributed by atoms with Crippen molar-refractivity contribution in [2.45, 2.75) is 19.5 Å². The van der Waals surface area contributed by atoms with Crippen LogP contribution in [0.4, 0.5) is 13.2 Å². The molecule has 1 nitrogen and oxygen atoms in total. The summed E-state index contributed by atoms with van der Waals surface area (Å²) in [6.45, 7) is 1.83. The molecule has 0 saturated heterocycles. The maximum absolute atomic E-state index is 11.8. The topological polar surface area (TPSA) is 17.1 Å². The van der Waals surface area contributed by atoms with Crippen LogP contribution in [0.1, 0.15) is 21.0 Å². The normalized spacial score (nSPS) is 12.3. The Bertz CT molecular complexity index is 376. The van der Waals surface area contributed by atoms with E-state index in [-0.39, 0.29) is 5.78 Å². The molecule has 0 unspecified atom stereocenters. The van der Waals surface area contributed by atoms with Gasteiger partial charge in [0.15, 0.2) is 5.78 Å². The Morgan fingerprint density at radius 1 is 1.47 bits per heavy atom. The minimum atomic E-state index is -4.25. The van der Waals surface area contributed by atoms with Crippen LogP contribution in [-0.4, -0.2) is 12.0 Å². The summed E-state index contributed by atoms with van der Waals surface area (Å²) in [6, 6.07) is 3.37. The van der Waals surface area contributed by atoms with Crippen molar-refractivity contribution in [3.63, 3.8) is 0 Å². The lowest BCUT2D eigenvalue weighted by atomic mass is 10.2. The van der Waals surface area contributed by atoms with E-state index >= 15 is 0 Å². The zero-order valence-corrected chi connectivity index (χ0v) is 8.78. The number of carbonyl (C=O) groups is 1. The fraction of sp³-hybridized carbons (Fsp3) is 0.300. The van der Waals surface area contributed by atoms with Gasteiger partial charge in [-0.15, -0.1) is 11.3 Å². The first-order chi connectivity index (χ1) is 6.88. The van der Waals surface area contributed by atoms with Gasteiger partial charge >= 0.3 is 6.18 Å². The number of allylic oxidation sites excluding steroid dienone is 2. The number of carbonyl (C=O) groups excluding carboxylic acids is 1. The molecule has 0 aliphatic heterocycles. The molecule has 0 radical (unpaired) electrons. The van der Waals surface area contributed by atoms with Gasteiger partial charge < -0.3 is 0 Å². The van der Waals surface area contributed by atoms with Crippen molar-refractivity contribution in [1.29, 1.82) is 0 Å². The third-order valence-electron chi connectivity index (χ3n) is 1.60. The number of ketones is 1. The molecule has 0 bridgehead atoms. The van der Waals surface area contributed by atoms with Crippen LogP contribution in [0.3, 0.4) is 0 Å². The Labute approximate surface area is 89.2 Å². The van der Waals surface area contributed by atoms with Crippen LogP contribution in [0.5, 0.6) is 0 Å². The fourth-order valence-electron chi connectivity index (χ4n) is 0.949. The van der Waals surface area contributed by atoms with Gasteiger partial charge in [0.2, 0.25) is 0 Å². The monoisotopic (exact) mass is 234 g/mol. The molecule has 0 saturated carbocycles. The van der Waals surface area contributed by atoms with E-state index in [1.807, 2.05) is 6.92 Å². The number of hydrogen-bond donors (Lipinski definition) is 0. The molecule has 0 aliphatic carbocycles. The Hall–Kier alpha value is -1.10. The van der Waals surface area contributed by atoms with E-state index < -0.39 is 12.6 Å². The highest BCUT2D eigenvalue weighted by Gasteiger charge is 2.24. The van der Waals surface area contributed by atoms with E-state index in [2.05, 4.69) is 0 Å². The lowest BCUT2D eigenvalue weighted by Gasteiger charge is -1.99. The zero-order chi connectivity index (χ0) is 11.5. The van der Waals surface area contributed by atoms with Crippen LogP contribution in [0, 0.1) is 6.92 Å². The summed E-state index contributed by atoms with van der Waals surface area (Å²) in [6.07, 6.45) is -3.50. The van der Waals surface area contributed by atoms with Gasteiger partial charge in [-0.1, -0.05) is 6.08 Å². The van der Waals surface area contributed by atoms with Gasteiger partial charge in [0.05, 0.1) is 11.3 Å². The minimum absolute atomic E-state index is 0.377. The van der Waals surface area contributed by atoms with Crippen LogP contribution in [0.25, 0.3) is 0 Å². The van der Waals surface area contributed by atoms with Crippen molar-refractivity contribution >= 4 is 17.1 Å². The largest absolute Gasteiger partial charge is 0.392 e. The van der Waals surface area contributed by atoms with E-state index in [0.717, 1.165) is 17.0 Å². The minimum Gasteiger partial charge on any atom is -0.288 e. The summed E-state index contributed by atoms with van der Waals surface area (Å²) >= 11 is 1.27. The standard InChI is InChI=1S/C10H9F3OS/c1-7-4-5-9(15-7)8(14)3-2-6-10(11,12)13/h2-5H,6H2,1H3/b3-2+. The second-order valence-corrected chi connectivity index (χ2v) is 4.28. The molecular formula is C10H9F3OS. The molecule has 1 aromatic rings. The van der Waals surface area contributed by atoms with Gasteiger partial charge in [-0.25, -0.2) is 0 Å². The average Bonchev–Trinajstić information content (AvgIpc) is 2.49. The van der Waals surface area contributed by atoms with Gasteiger partial charge in [0.25, 0.3) is 0 Å². The predicted octanol–water partition coefficient (Wildman–Crippen LogP) is 3.75. The molecule has 15 heavy (non-hydrogen) atoms. The van der Waals surface area contributed by atoms with Crippen LogP contribution >= 0.6 is 11.3 Å². The molecule has 0 atom stereocenters. The second-order valence-electron chi connectivity index (χ2n) is 3.00.